The smallest absolute Gasteiger partial charge is 0.293 e. The number of amides is 2. The van der Waals surface area contributed by atoms with Gasteiger partial charge in [0.1, 0.15) is 35.7 Å². The summed E-state index contributed by atoms with van der Waals surface area (Å²) in [5.41, 5.74) is -1.03. The van der Waals surface area contributed by atoms with Crippen LogP contribution in [0.4, 0.5) is 32.2 Å². The van der Waals surface area contributed by atoms with Crippen LogP contribution in [-0.2, 0) is 41.9 Å². The summed E-state index contributed by atoms with van der Waals surface area (Å²) in [6.45, 7) is 3.62. The van der Waals surface area contributed by atoms with E-state index in [4.69, 9.17) is 16.6 Å². The Hall–Kier alpha value is -5.00. The van der Waals surface area contributed by atoms with Gasteiger partial charge in [0, 0.05) is 41.4 Å². The van der Waals surface area contributed by atoms with Gasteiger partial charge in [-0.05, 0) is 82.2 Å². The molecule has 0 aliphatic heterocycles. The third-order valence-electron chi connectivity index (χ3n) is 10.3. The number of benzene rings is 2. The van der Waals surface area contributed by atoms with Crippen molar-refractivity contribution in [3.8, 4) is 11.1 Å². The van der Waals surface area contributed by atoms with E-state index in [1.54, 1.807) is 39.1 Å². The summed E-state index contributed by atoms with van der Waals surface area (Å²) in [5.74, 6) is -8.89. The molecule has 3 heterocycles. The maximum Gasteiger partial charge on any atom is 0.293 e. The Morgan fingerprint density at radius 1 is 1.05 bits per heavy atom. The van der Waals surface area contributed by atoms with Gasteiger partial charge in [-0.1, -0.05) is 23.7 Å². The van der Waals surface area contributed by atoms with Gasteiger partial charge in [-0.2, -0.15) is 19.0 Å². The zero-order valence-corrected chi connectivity index (χ0v) is 31.8. The Morgan fingerprint density at radius 2 is 1.74 bits per heavy atom. The number of aliphatic hydroxyl groups is 2. The molecule has 3 aromatic heterocycles. The lowest BCUT2D eigenvalue weighted by atomic mass is 9.93. The quantitative estimate of drug-likeness (QED) is 0.0934. The molecule has 2 aliphatic carbocycles. The van der Waals surface area contributed by atoms with E-state index >= 15 is 8.78 Å². The zero-order chi connectivity index (χ0) is 41.3. The van der Waals surface area contributed by atoms with Crippen LogP contribution in [0.5, 0.6) is 0 Å². The summed E-state index contributed by atoms with van der Waals surface area (Å²) in [4.78, 5) is 31.3. The summed E-state index contributed by atoms with van der Waals surface area (Å²) in [6.07, 6.45) is -4.28. The Kier molecular flexibility index (Phi) is 10.4. The first-order valence-electron chi connectivity index (χ1n) is 18.1. The number of hydrogen-bond acceptors (Lipinski definition) is 7. The molecule has 1 saturated carbocycles. The third-order valence-corrected chi connectivity index (χ3v) is 10.6. The highest BCUT2D eigenvalue weighted by Crippen LogP contribution is 2.68. The maximum absolute atomic E-state index is 15.4. The van der Waals surface area contributed by atoms with Crippen molar-refractivity contribution >= 4 is 40.1 Å². The molecule has 2 aromatic carbocycles. The number of nitrogens with one attached hydrogen (secondary N) is 2. The Bertz CT molecular complexity index is 2390. The highest BCUT2D eigenvalue weighted by atomic mass is 35.5. The molecule has 7 rings (SSSR count). The average molecular weight is 818 g/mol. The van der Waals surface area contributed by atoms with Gasteiger partial charge in [-0.15, -0.1) is 0 Å². The van der Waals surface area contributed by atoms with Gasteiger partial charge in [0.15, 0.2) is 5.82 Å². The number of anilines is 1. The first-order valence-corrected chi connectivity index (χ1v) is 18.5. The molecule has 4 N–H and O–H groups in total. The molecule has 1 fully saturated rings. The average Bonchev–Trinajstić information content (AvgIpc) is 3.65. The molecule has 302 valence electrons. The number of alkyl halides is 4. The Labute approximate surface area is 327 Å². The van der Waals surface area contributed by atoms with Crippen LogP contribution < -0.4 is 10.6 Å². The lowest BCUT2D eigenvalue weighted by Gasteiger charge is -2.24. The van der Waals surface area contributed by atoms with Gasteiger partial charge < -0.3 is 20.8 Å². The van der Waals surface area contributed by atoms with E-state index in [-0.39, 0.29) is 58.7 Å². The minimum Gasteiger partial charge on any atom is -0.390 e. The highest BCUT2D eigenvalue weighted by Gasteiger charge is 2.67. The van der Waals surface area contributed by atoms with E-state index < -0.39 is 83.3 Å². The number of aryl methyl sites for hydroxylation is 2. The van der Waals surface area contributed by atoms with Crippen molar-refractivity contribution in [3.63, 3.8) is 0 Å². The number of carbonyl (C=O) groups excluding carboxylic acids is 2. The van der Waals surface area contributed by atoms with Gasteiger partial charge >= 0.3 is 0 Å². The van der Waals surface area contributed by atoms with Crippen LogP contribution in [0.25, 0.3) is 22.0 Å². The van der Waals surface area contributed by atoms with Crippen LogP contribution >= 0.6 is 11.6 Å². The van der Waals surface area contributed by atoms with E-state index in [9.17, 15) is 37.4 Å². The number of aromatic nitrogens is 5. The molecule has 18 heteroatoms. The summed E-state index contributed by atoms with van der Waals surface area (Å²) >= 11 is 6.64. The first-order chi connectivity index (χ1) is 26.7. The fraction of sp³-hybridized carbons (Fsp3) is 0.410. The number of rotatable bonds is 13. The summed E-state index contributed by atoms with van der Waals surface area (Å²) < 4.78 is 90.1. The maximum atomic E-state index is 15.4. The highest BCUT2D eigenvalue weighted by molar-refractivity contribution is 6.37. The fourth-order valence-corrected chi connectivity index (χ4v) is 7.86. The molecule has 11 nitrogen and oxygen atoms in total. The van der Waals surface area contributed by atoms with Crippen molar-refractivity contribution in [2.24, 2.45) is 13.0 Å². The second-order valence-electron chi connectivity index (χ2n) is 15.3. The lowest BCUT2D eigenvalue weighted by molar-refractivity contribution is -0.123. The van der Waals surface area contributed by atoms with Crippen LogP contribution in [0.2, 0.25) is 5.02 Å². The summed E-state index contributed by atoms with van der Waals surface area (Å²) in [6, 6.07) is 8.07. The minimum absolute atomic E-state index is 0.0329. The second-order valence-corrected chi connectivity index (χ2v) is 15.7. The summed E-state index contributed by atoms with van der Waals surface area (Å²) in [7, 11) is 1.58. The standard InChI is InChI=1S/C39H38ClF6N7O4/c1-17(54)37(56)49-36-30-26(40)8-7-23(33(30)52(4)51-36)22-6-5-21(9-10-38(2,3)57)47-31(22)27(13-18-11-19(41)14-20(42)12-18)48-28(55)16-53-34-29(32(50-53)35(43)44)24-15-25(24)39(34,45)46/h5-8,11-12,14,17,24-25,27,35,54,57H,9-10,13,15-16H2,1-4H3,(H,48,55)(H,49,51,56)/t17-,24-,25+,27-/m0/s1. The van der Waals surface area contributed by atoms with Crippen molar-refractivity contribution < 1.29 is 46.1 Å². The number of carbonyl (C=O) groups is 2. The molecule has 5 aromatic rings. The molecular weight excluding hydrogens is 780 g/mol. The number of pyridine rings is 1. The first kappa shape index (κ1) is 40.2. The van der Waals surface area contributed by atoms with Crippen molar-refractivity contribution in [1.29, 1.82) is 0 Å². The molecule has 0 unspecified atom stereocenters. The van der Waals surface area contributed by atoms with Crippen LogP contribution in [0, 0.1) is 17.6 Å². The SMILES string of the molecule is C[C@H](O)C(=O)Nc1nn(C)c2c(-c3ccc(CCC(C)(C)O)nc3[C@H](Cc3cc(F)cc(F)c3)NC(=O)Cn3nc(C(F)F)c4c3C(F)(F)[C@@H]3C[C@H]43)ccc(Cl)c12. The molecule has 0 spiro atoms. The number of fused-ring (bicyclic) bond motifs is 4. The lowest BCUT2D eigenvalue weighted by Crippen LogP contribution is -2.35. The largest absolute Gasteiger partial charge is 0.390 e. The Morgan fingerprint density at radius 3 is 2.39 bits per heavy atom. The van der Waals surface area contributed by atoms with Crippen LogP contribution in [-0.4, -0.2) is 58.3 Å². The van der Waals surface area contributed by atoms with Gasteiger partial charge in [-0.25, -0.2) is 17.6 Å². The molecular formula is C39H38ClF6N7O4. The molecule has 0 saturated heterocycles. The number of nitrogens with zero attached hydrogens (tertiary/aromatic N) is 5. The zero-order valence-electron chi connectivity index (χ0n) is 31.1. The van der Waals surface area contributed by atoms with Gasteiger partial charge in [-0.3, -0.25) is 23.9 Å². The molecule has 0 bridgehead atoms. The van der Waals surface area contributed by atoms with E-state index in [0.29, 0.717) is 33.1 Å². The van der Waals surface area contributed by atoms with Crippen molar-refractivity contribution in [1.82, 2.24) is 29.9 Å². The van der Waals surface area contributed by atoms with E-state index in [1.165, 1.54) is 17.7 Å². The van der Waals surface area contributed by atoms with Gasteiger partial charge in [0.2, 0.25) is 5.91 Å². The van der Waals surface area contributed by atoms with E-state index in [2.05, 4.69) is 20.8 Å². The van der Waals surface area contributed by atoms with Crippen LogP contribution in [0.15, 0.2) is 42.5 Å². The van der Waals surface area contributed by atoms with Crippen molar-refractivity contribution in [3.05, 3.63) is 93.0 Å². The summed E-state index contributed by atoms with van der Waals surface area (Å²) in [5, 5.41) is 34.3. The normalized spacial score (nSPS) is 18.1. The molecule has 0 radical (unpaired) electrons. The van der Waals surface area contributed by atoms with Gasteiger partial charge in [0.25, 0.3) is 18.3 Å². The monoisotopic (exact) mass is 817 g/mol. The third kappa shape index (κ3) is 7.84. The number of halogens is 7. The molecule has 2 amide bonds. The minimum atomic E-state index is -3.49. The predicted molar refractivity (Wildman–Crippen MR) is 197 cm³/mol. The fourth-order valence-electron chi connectivity index (χ4n) is 7.62. The van der Waals surface area contributed by atoms with Crippen LogP contribution in [0.1, 0.15) is 85.9 Å². The predicted octanol–water partition coefficient (Wildman–Crippen LogP) is 7.03. The topological polar surface area (TPSA) is 147 Å². The van der Waals surface area contributed by atoms with Gasteiger partial charge in [0.05, 0.1) is 33.3 Å². The van der Waals surface area contributed by atoms with Crippen LogP contribution in [0.3, 0.4) is 0 Å². The molecule has 57 heavy (non-hydrogen) atoms. The second kappa shape index (κ2) is 14.7. The van der Waals surface area contributed by atoms with E-state index in [1.807, 2.05) is 0 Å². The molecule has 2 aliphatic rings. The number of aliphatic hydroxyl groups excluding tert-OH is 1. The van der Waals surface area contributed by atoms with Crippen molar-refractivity contribution in [2.75, 3.05) is 5.32 Å². The Balaban J connectivity index is 1.36. The molecule has 4 atom stereocenters. The number of hydrogen-bond donors (Lipinski definition) is 4. The van der Waals surface area contributed by atoms with E-state index in [0.717, 1.165) is 12.1 Å². The van der Waals surface area contributed by atoms with Crippen molar-refractivity contribution in [2.45, 2.75) is 89.0 Å².